The van der Waals surface area contributed by atoms with Gasteiger partial charge in [0.05, 0.1) is 5.92 Å². The van der Waals surface area contributed by atoms with Crippen LogP contribution in [0.5, 0.6) is 0 Å². The van der Waals surface area contributed by atoms with Gasteiger partial charge in [-0.25, -0.2) is 0 Å². The first kappa shape index (κ1) is 21.2. The molecular weight excluding hydrogens is 334 g/mol. The summed E-state index contributed by atoms with van der Waals surface area (Å²) in [5.41, 5.74) is 2.01. The monoisotopic (exact) mass is 367 g/mol. The third-order valence-corrected chi connectivity index (χ3v) is 5.01. The Morgan fingerprint density at radius 1 is 0.926 bits per heavy atom. The second-order valence-corrected chi connectivity index (χ2v) is 8.31. The maximum Gasteiger partial charge on any atom is 0.310 e. The van der Waals surface area contributed by atoms with E-state index >= 15 is 0 Å². The molecule has 0 aliphatic rings. The van der Waals surface area contributed by atoms with Crippen molar-refractivity contribution in [3.63, 3.8) is 0 Å². The van der Waals surface area contributed by atoms with Crippen LogP contribution in [0.3, 0.4) is 0 Å². The van der Waals surface area contributed by atoms with Gasteiger partial charge < -0.3 is 4.74 Å². The van der Waals surface area contributed by atoms with E-state index in [1.165, 1.54) is 11.1 Å². The van der Waals surface area contributed by atoms with Gasteiger partial charge in [-0.2, -0.15) is 0 Å². The third-order valence-electron chi connectivity index (χ3n) is 5.01. The minimum absolute atomic E-state index is 0.0373. The number of rotatable bonds is 7. The Hall–Kier alpha value is -2.13. The van der Waals surface area contributed by atoms with E-state index in [9.17, 15) is 4.79 Å². The van der Waals surface area contributed by atoms with Crippen LogP contribution >= 0.6 is 0 Å². The van der Waals surface area contributed by atoms with Gasteiger partial charge >= 0.3 is 5.97 Å². The van der Waals surface area contributed by atoms with E-state index in [0.29, 0.717) is 0 Å². The molecule has 0 bridgehead atoms. The lowest BCUT2D eigenvalue weighted by molar-refractivity contribution is -0.162. The summed E-state index contributed by atoms with van der Waals surface area (Å²) in [4.78, 5) is 15.1. The van der Waals surface area contributed by atoms with Gasteiger partial charge in [0, 0.05) is 18.6 Å². The highest BCUT2D eigenvalue weighted by Crippen LogP contribution is 2.28. The quantitative estimate of drug-likeness (QED) is 0.595. The first-order valence-corrected chi connectivity index (χ1v) is 9.76. The molecule has 0 aliphatic carbocycles. The zero-order valence-electron chi connectivity index (χ0n) is 17.5. The summed E-state index contributed by atoms with van der Waals surface area (Å²) < 4.78 is 5.64. The Morgan fingerprint density at radius 3 is 1.96 bits per heavy atom. The molecule has 0 heterocycles. The Labute approximate surface area is 164 Å². The number of ether oxygens (including phenoxy) is 1. The van der Waals surface area contributed by atoms with Gasteiger partial charge in [-0.3, -0.25) is 9.69 Å². The van der Waals surface area contributed by atoms with Crippen molar-refractivity contribution in [3.05, 3.63) is 71.8 Å². The highest BCUT2D eigenvalue weighted by Gasteiger charge is 2.32. The molecule has 3 atom stereocenters. The molecule has 3 nitrogen and oxygen atoms in total. The maximum absolute atomic E-state index is 12.7. The van der Waals surface area contributed by atoms with Gasteiger partial charge in [0.25, 0.3) is 0 Å². The van der Waals surface area contributed by atoms with Crippen LogP contribution in [-0.2, 0) is 16.1 Å². The first-order chi connectivity index (χ1) is 12.7. The molecule has 2 aromatic rings. The normalized spacial score (nSPS) is 15.2. The molecule has 3 heteroatoms. The van der Waals surface area contributed by atoms with E-state index in [2.05, 4.69) is 67.3 Å². The van der Waals surface area contributed by atoms with Crippen LogP contribution < -0.4 is 0 Å². The fourth-order valence-corrected chi connectivity index (χ4v) is 3.23. The lowest BCUT2D eigenvalue weighted by Gasteiger charge is -2.38. The number of nitrogens with zero attached hydrogens (tertiary/aromatic N) is 1. The largest absolute Gasteiger partial charge is 0.460 e. The maximum atomic E-state index is 12.7. The summed E-state index contributed by atoms with van der Waals surface area (Å²) in [7, 11) is 0. The SMILES string of the molecule is C[C@H](c1ccccc1)N(Cc1ccccc1)[C@H](C)[C@@H](C)C(=O)OC(C)(C)C. The topological polar surface area (TPSA) is 29.5 Å². The summed E-state index contributed by atoms with van der Waals surface area (Å²) in [5, 5.41) is 0. The number of carbonyl (C=O) groups excluding carboxylic acids is 1. The fraction of sp³-hybridized carbons (Fsp3) is 0.458. The summed E-state index contributed by atoms with van der Waals surface area (Å²) >= 11 is 0. The lowest BCUT2D eigenvalue weighted by atomic mass is 9.96. The van der Waals surface area contributed by atoms with Gasteiger partial charge in [-0.05, 0) is 45.7 Å². The average Bonchev–Trinajstić information content (AvgIpc) is 2.64. The van der Waals surface area contributed by atoms with E-state index in [0.717, 1.165) is 6.54 Å². The van der Waals surface area contributed by atoms with Crippen molar-refractivity contribution in [1.82, 2.24) is 4.90 Å². The molecule has 0 N–H and O–H groups in total. The molecule has 0 spiro atoms. The molecule has 27 heavy (non-hydrogen) atoms. The predicted molar refractivity (Wildman–Crippen MR) is 111 cm³/mol. The number of hydrogen-bond acceptors (Lipinski definition) is 3. The Morgan fingerprint density at radius 2 is 1.44 bits per heavy atom. The van der Waals surface area contributed by atoms with Gasteiger partial charge in [0.2, 0.25) is 0 Å². The summed E-state index contributed by atoms with van der Waals surface area (Å²) in [6, 6.07) is 21.1. The number of benzene rings is 2. The minimum atomic E-state index is -0.472. The lowest BCUT2D eigenvalue weighted by Crippen LogP contribution is -2.43. The number of carbonyl (C=O) groups is 1. The summed E-state index contributed by atoms with van der Waals surface area (Å²) in [6.45, 7) is 12.8. The fourth-order valence-electron chi connectivity index (χ4n) is 3.23. The smallest absolute Gasteiger partial charge is 0.310 e. The summed E-state index contributed by atoms with van der Waals surface area (Å²) in [6.07, 6.45) is 0. The second kappa shape index (κ2) is 9.18. The average molecular weight is 368 g/mol. The van der Waals surface area contributed by atoms with E-state index < -0.39 is 5.60 Å². The number of esters is 1. The van der Waals surface area contributed by atoms with Gasteiger partial charge in [-0.1, -0.05) is 67.6 Å². The highest BCUT2D eigenvalue weighted by atomic mass is 16.6. The molecule has 0 unspecified atom stereocenters. The zero-order chi connectivity index (χ0) is 20.0. The zero-order valence-corrected chi connectivity index (χ0v) is 17.5. The second-order valence-electron chi connectivity index (χ2n) is 8.31. The Balaban J connectivity index is 2.26. The molecule has 0 aromatic heterocycles. The van der Waals surface area contributed by atoms with Crippen molar-refractivity contribution in [2.45, 2.75) is 65.8 Å². The van der Waals surface area contributed by atoms with Crippen molar-refractivity contribution < 1.29 is 9.53 Å². The predicted octanol–water partition coefficient (Wildman–Crippen LogP) is 5.62. The number of hydrogen-bond donors (Lipinski definition) is 0. The molecule has 0 saturated carbocycles. The van der Waals surface area contributed by atoms with Crippen LogP contribution in [0, 0.1) is 5.92 Å². The molecule has 0 saturated heterocycles. The molecule has 0 aliphatic heterocycles. The molecule has 146 valence electrons. The van der Waals surface area contributed by atoms with E-state index in [-0.39, 0.29) is 24.0 Å². The molecule has 0 fully saturated rings. The van der Waals surface area contributed by atoms with Crippen LogP contribution in [-0.4, -0.2) is 22.5 Å². The van der Waals surface area contributed by atoms with Crippen molar-refractivity contribution in [2.24, 2.45) is 5.92 Å². The van der Waals surface area contributed by atoms with E-state index in [1.807, 2.05) is 39.8 Å². The van der Waals surface area contributed by atoms with Gasteiger partial charge in [-0.15, -0.1) is 0 Å². The van der Waals surface area contributed by atoms with Crippen molar-refractivity contribution >= 4 is 5.97 Å². The highest BCUT2D eigenvalue weighted by molar-refractivity contribution is 5.73. The standard InChI is InChI=1S/C24H33NO2/c1-18(23(26)27-24(4,5)6)19(2)25(17-21-13-9-7-10-14-21)20(3)22-15-11-8-12-16-22/h7-16,18-20H,17H2,1-6H3/t18-,19-,20-/m1/s1. The van der Waals surface area contributed by atoms with Crippen molar-refractivity contribution in [1.29, 1.82) is 0 Å². The van der Waals surface area contributed by atoms with Crippen LogP contribution in [0.15, 0.2) is 60.7 Å². The van der Waals surface area contributed by atoms with Crippen LogP contribution in [0.2, 0.25) is 0 Å². The third kappa shape index (κ3) is 6.21. The molecule has 0 amide bonds. The minimum Gasteiger partial charge on any atom is -0.460 e. The first-order valence-electron chi connectivity index (χ1n) is 9.76. The molecule has 2 aromatic carbocycles. The Bertz CT molecular complexity index is 706. The van der Waals surface area contributed by atoms with Crippen molar-refractivity contribution in [2.75, 3.05) is 0 Å². The molecule has 0 radical (unpaired) electrons. The van der Waals surface area contributed by atoms with Crippen molar-refractivity contribution in [3.8, 4) is 0 Å². The van der Waals surface area contributed by atoms with Crippen LogP contribution in [0.4, 0.5) is 0 Å². The molecule has 2 rings (SSSR count). The molecular formula is C24H33NO2. The van der Waals surface area contributed by atoms with E-state index in [1.54, 1.807) is 0 Å². The van der Waals surface area contributed by atoms with Crippen LogP contribution in [0.1, 0.15) is 58.7 Å². The Kier molecular flexibility index (Phi) is 7.20. The van der Waals surface area contributed by atoms with E-state index in [4.69, 9.17) is 4.74 Å². The van der Waals surface area contributed by atoms with Gasteiger partial charge in [0.1, 0.15) is 5.60 Å². The van der Waals surface area contributed by atoms with Crippen LogP contribution in [0.25, 0.3) is 0 Å². The summed E-state index contributed by atoms with van der Waals surface area (Å²) in [5.74, 6) is -0.368. The van der Waals surface area contributed by atoms with Gasteiger partial charge in [0.15, 0.2) is 0 Å².